The molecule has 8 heteroatoms. The lowest BCUT2D eigenvalue weighted by Gasteiger charge is -2.31. The Morgan fingerprint density at radius 2 is 1.94 bits per heavy atom. The number of carbonyl (C=O) groups excluding carboxylic acids is 3. The van der Waals surface area contributed by atoms with E-state index in [2.05, 4.69) is 11.9 Å². The van der Waals surface area contributed by atoms with Gasteiger partial charge in [-0.3, -0.25) is 14.4 Å². The van der Waals surface area contributed by atoms with Crippen LogP contribution >= 0.6 is 0 Å². The highest BCUT2D eigenvalue weighted by Gasteiger charge is 2.39. The van der Waals surface area contributed by atoms with E-state index in [1.165, 1.54) is 4.90 Å². The van der Waals surface area contributed by atoms with Crippen LogP contribution in [0, 0.1) is 0 Å². The molecule has 5 rings (SSSR count). The molecule has 2 saturated heterocycles. The Morgan fingerprint density at radius 1 is 1.15 bits per heavy atom. The van der Waals surface area contributed by atoms with Crippen molar-refractivity contribution in [3.05, 3.63) is 77.0 Å². The maximum Gasteiger partial charge on any atom is 0.255 e. The molecule has 3 amide bonds. The number of allylic oxidation sites excluding steroid dienone is 1. The molecule has 0 aliphatic carbocycles. The molecule has 0 saturated carbocycles. The number of hydrogen-bond acceptors (Lipinski definition) is 5. The van der Waals surface area contributed by atoms with Crippen LogP contribution in [-0.2, 0) is 34.0 Å². The highest BCUT2D eigenvalue weighted by Crippen LogP contribution is 2.34. The van der Waals surface area contributed by atoms with Gasteiger partial charge in [0, 0.05) is 29.9 Å². The minimum Gasteiger partial charge on any atom is -0.489 e. The van der Waals surface area contributed by atoms with E-state index in [1.54, 1.807) is 17.0 Å². The zero-order valence-electron chi connectivity index (χ0n) is 21.6. The van der Waals surface area contributed by atoms with Crippen LogP contribution in [0.2, 0.25) is 0 Å². The van der Waals surface area contributed by atoms with Crippen molar-refractivity contribution in [2.45, 2.75) is 38.6 Å². The van der Waals surface area contributed by atoms with Crippen LogP contribution in [0.3, 0.4) is 0 Å². The molecule has 0 spiro atoms. The summed E-state index contributed by atoms with van der Waals surface area (Å²) in [5, 5.41) is 2.74. The number of nitrogens with zero attached hydrogens (tertiary/aromatic N) is 2. The van der Waals surface area contributed by atoms with Crippen molar-refractivity contribution >= 4 is 17.7 Å². The van der Waals surface area contributed by atoms with Crippen molar-refractivity contribution in [3.8, 4) is 5.75 Å². The van der Waals surface area contributed by atoms with E-state index in [1.807, 2.05) is 30.3 Å². The van der Waals surface area contributed by atoms with Gasteiger partial charge in [-0.25, -0.2) is 0 Å². The van der Waals surface area contributed by atoms with Crippen molar-refractivity contribution in [3.63, 3.8) is 0 Å². The molecule has 2 atom stereocenters. The average Bonchev–Trinajstić information content (AvgIpc) is 3.18. The Bertz CT molecular complexity index is 1270. The Kier molecular flexibility index (Phi) is 5.13. The quantitative estimate of drug-likeness (QED) is 0.709. The number of fused-ring (bicyclic) bond motifs is 1. The topological polar surface area (TPSA) is 88.2 Å². The lowest BCUT2D eigenvalue weighted by Crippen LogP contribution is -2.49. The predicted molar refractivity (Wildman–Crippen MR) is 124 cm³/mol. The zero-order valence-corrected chi connectivity index (χ0v) is 18.6. The first-order valence-corrected chi connectivity index (χ1v) is 11.1. The molecule has 2 aromatic rings. The molecule has 3 aliphatic heterocycles. The molecular weight excluding hydrogens is 434 g/mol. The Morgan fingerprint density at radius 3 is 2.74 bits per heavy atom. The number of piperidine rings is 1. The molecular formula is C26H27N3O5. The Labute approximate surface area is 202 Å². The van der Waals surface area contributed by atoms with Crippen molar-refractivity contribution in [1.29, 1.82) is 0 Å². The Hall–Kier alpha value is -3.65. The normalized spacial score (nSPS) is 25.4. The van der Waals surface area contributed by atoms with E-state index in [4.69, 9.17) is 13.6 Å². The molecule has 2 unspecified atom stereocenters. The molecule has 0 bridgehead atoms. The number of rotatable bonds is 6. The van der Waals surface area contributed by atoms with Crippen LogP contribution in [0.15, 0.2) is 54.7 Å². The summed E-state index contributed by atoms with van der Waals surface area (Å²) in [6.45, 7) is 0.879. The molecule has 176 valence electrons. The SMILES string of the molecule is [2H]C1CN(Cc2ccc(COc3cccc4c3CN(C3CCC(=C)NC3=O)C4=O)cc2)C(=O)C([2H])([2H])O1. The van der Waals surface area contributed by atoms with Gasteiger partial charge in [-0.15, -0.1) is 0 Å². The van der Waals surface area contributed by atoms with Crippen LogP contribution in [0.1, 0.15) is 44.0 Å². The molecule has 34 heavy (non-hydrogen) atoms. The second-order valence-corrected chi connectivity index (χ2v) is 8.54. The maximum absolute atomic E-state index is 13.0. The van der Waals surface area contributed by atoms with Crippen molar-refractivity contribution in [1.82, 2.24) is 15.1 Å². The molecule has 3 aliphatic rings. The predicted octanol–water partition coefficient (Wildman–Crippen LogP) is 2.37. The number of hydrogen-bond donors (Lipinski definition) is 1. The number of carbonyl (C=O) groups is 3. The fraction of sp³-hybridized carbons (Fsp3) is 0.346. The third-order valence-electron chi connectivity index (χ3n) is 6.25. The van der Waals surface area contributed by atoms with Crippen molar-refractivity contribution in [2.24, 2.45) is 0 Å². The highest BCUT2D eigenvalue weighted by atomic mass is 16.5. The number of ether oxygens (including phenoxy) is 2. The van der Waals surface area contributed by atoms with Crippen LogP contribution in [0.25, 0.3) is 0 Å². The maximum atomic E-state index is 13.0. The summed E-state index contributed by atoms with van der Waals surface area (Å²) in [5.74, 6) is -0.608. The van der Waals surface area contributed by atoms with E-state index in [-0.39, 0.29) is 31.5 Å². The van der Waals surface area contributed by atoms with Gasteiger partial charge in [0.15, 0.2) is 0 Å². The van der Waals surface area contributed by atoms with Gasteiger partial charge in [0.2, 0.25) is 11.8 Å². The van der Waals surface area contributed by atoms with Crippen molar-refractivity contribution < 1.29 is 28.0 Å². The van der Waals surface area contributed by atoms with Crippen LogP contribution < -0.4 is 10.1 Å². The molecule has 0 aromatic heterocycles. The van der Waals surface area contributed by atoms with Gasteiger partial charge in [-0.1, -0.05) is 36.9 Å². The summed E-state index contributed by atoms with van der Waals surface area (Å²) in [7, 11) is 0. The van der Waals surface area contributed by atoms with E-state index < -0.39 is 25.1 Å². The molecule has 3 heterocycles. The van der Waals surface area contributed by atoms with Gasteiger partial charge in [-0.2, -0.15) is 0 Å². The zero-order chi connectivity index (χ0) is 26.3. The summed E-state index contributed by atoms with van der Waals surface area (Å²) in [5.41, 5.74) is 3.62. The lowest BCUT2D eigenvalue weighted by atomic mass is 10.0. The van der Waals surface area contributed by atoms with Gasteiger partial charge in [0.05, 0.1) is 17.2 Å². The van der Waals surface area contributed by atoms with Gasteiger partial charge >= 0.3 is 0 Å². The number of nitrogens with one attached hydrogen (secondary N) is 1. The minimum atomic E-state index is -2.50. The van der Waals surface area contributed by atoms with Gasteiger partial charge in [0.25, 0.3) is 5.91 Å². The molecule has 2 fully saturated rings. The molecule has 8 nitrogen and oxygen atoms in total. The summed E-state index contributed by atoms with van der Waals surface area (Å²) in [6.07, 6.45) is 1.17. The molecule has 1 N–H and O–H groups in total. The fourth-order valence-corrected chi connectivity index (χ4v) is 4.40. The smallest absolute Gasteiger partial charge is 0.255 e. The second-order valence-electron chi connectivity index (χ2n) is 8.54. The average molecular weight is 465 g/mol. The van der Waals surface area contributed by atoms with E-state index >= 15 is 0 Å². The van der Waals surface area contributed by atoms with Crippen LogP contribution in [-0.4, -0.2) is 53.2 Å². The summed E-state index contributed by atoms with van der Waals surface area (Å²) in [6, 6.07) is 12.1. The van der Waals surface area contributed by atoms with Crippen molar-refractivity contribution in [2.75, 3.05) is 19.7 Å². The molecule has 0 radical (unpaired) electrons. The number of morpholine rings is 1. The fourth-order valence-electron chi connectivity index (χ4n) is 4.40. The monoisotopic (exact) mass is 464 g/mol. The van der Waals surface area contributed by atoms with Crippen LogP contribution in [0.5, 0.6) is 5.75 Å². The standard InChI is InChI=1S/C26H27N3O5/c1-17-5-10-22(25(31)27-17)29-14-21-20(26(29)32)3-2-4-23(21)34-15-19-8-6-18(7-9-19)13-28-11-12-33-16-24(28)30/h2-4,6-9,22H,1,5,10-16H2,(H,27,31)/i12D,16D2. The minimum absolute atomic E-state index is 0.00463. The van der Waals surface area contributed by atoms with E-state index in [0.717, 1.165) is 16.7 Å². The van der Waals surface area contributed by atoms with E-state index in [9.17, 15) is 14.4 Å². The molecule has 2 aromatic carbocycles. The summed E-state index contributed by atoms with van der Waals surface area (Å²) < 4.78 is 33.9. The summed E-state index contributed by atoms with van der Waals surface area (Å²) in [4.78, 5) is 40.6. The second kappa shape index (κ2) is 9.30. The third kappa shape index (κ3) is 4.41. The van der Waals surface area contributed by atoms with Gasteiger partial charge in [0.1, 0.15) is 25.0 Å². The van der Waals surface area contributed by atoms with E-state index in [0.29, 0.717) is 36.4 Å². The van der Waals surface area contributed by atoms with Gasteiger partial charge < -0.3 is 24.6 Å². The third-order valence-corrected chi connectivity index (χ3v) is 6.25. The van der Waals surface area contributed by atoms with Gasteiger partial charge in [-0.05, 0) is 36.1 Å². The first kappa shape index (κ1) is 18.7. The number of benzene rings is 2. The van der Waals surface area contributed by atoms with Crippen LogP contribution in [0.4, 0.5) is 0 Å². The number of amides is 3. The first-order valence-electron chi connectivity index (χ1n) is 12.7. The lowest BCUT2D eigenvalue weighted by molar-refractivity contribution is -0.143. The Balaban J connectivity index is 1.23. The summed E-state index contributed by atoms with van der Waals surface area (Å²) >= 11 is 0. The highest BCUT2D eigenvalue weighted by molar-refractivity contribution is 6.02. The largest absolute Gasteiger partial charge is 0.489 e. The first-order chi connectivity index (χ1) is 17.6.